The summed E-state index contributed by atoms with van der Waals surface area (Å²) in [5, 5.41) is 10.8. The van der Waals surface area contributed by atoms with Crippen molar-refractivity contribution in [2.75, 3.05) is 31.1 Å². The Labute approximate surface area is 251 Å². The summed E-state index contributed by atoms with van der Waals surface area (Å²) in [6.07, 6.45) is 5.73. The highest BCUT2D eigenvalue weighted by Crippen LogP contribution is 2.30. The lowest BCUT2D eigenvalue weighted by Gasteiger charge is -2.27. The van der Waals surface area contributed by atoms with Crippen molar-refractivity contribution in [3.8, 4) is 5.40 Å². The van der Waals surface area contributed by atoms with Gasteiger partial charge in [-0.1, -0.05) is 85.7 Å². The molecule has 4 nitrogen and oxygen atoms in total. The van der Waals surface area contributed by atoms with Crippen LogP contribution >= 0.6 is 11.8 Å². The highest BCUT2D eigenvalue weighted by molar-refractivity contribution is 8.03. The van der Waals surface area contributed by atoms with Crippen molar-refractivity contribution in [1.82, 2.24) is 4.90 Å². The third-order valence-corrected chi connectivity index (χ3v) is 7.48. The van der Waals surface area contributed by atoms with Gasteiger partial charge < -0.3 is 9.80 Å². The van der Waals surface area contributed by atoms with Crippen LogP contribution in [-0.4, -0.2) is 37.0 Å². The van der Waals surface area contributed by atoms with Crippen LogP contribution in [0.25, 0.3) is 0 Å². The molecule has 40 heavy (non-hydrogen) atoms. The molecule has 2 rings (SSSR count). The number of amides is 1. The fraction of sp³-hybridized carbons (Fsp3) is 0.600. The Morgan fingerprint density at radius 1 is 0.900 bits per heavy atom. The third kappa shape index (κ3) is 13.9. The molecular formula is C35H57N3OS. The number of anilines is 1. The molecule has 0 spiro atoms. The van der Waals surface area contributed by atoms with Gasteiger partial charge in [-0.25, -0.2) is 0 Å². The lowest BCUT2D eigenvalue weighted by Crippen LogP contribution is -2.36. The second-order valence-corrected chi connectivity index (χ2v) is 11.4. The number of carbonyl (C=O) groups excluding carboxylic acids is 1. The van der Waals surface area contributed by atoms with Crippen molar-refractivity contribution in [2.24, 2.45) is 5.92 Å². The number of nitrogens with zero attached hydrogens (tertiary/aromatic N) is 3. The number of hydrogen-bond donors (Lipinski definition) is 0. The Morgan fingerprint density at radius 2 is 1.50 bits per heavy atom. The van der Waals surface area contributed by atoms with E-state index in [9.17, 15) is 4.79 Å². The molecule has 1 atom stereocenters. The predicted molar refractivity (Wildman–Crippen MR) is 177 cm³/mol. The average molecular weight is 568 g/mol. The number of nitriles is 1. The summed E-state index contributed by atoms with van der Waals surface area (Å²) in [5.74, 6) is 0.788. The minimum Gasteiger partial charge on any atom is -0.312 e. The van der Waals surface area contributed by atoms with Crippen LogP contribution in [0.2, 0.25) is 0 Å². The largest absolute Gasteiger partial charge is 0.312 e. The Hall–Kier alpha value is -2.29. The van der Waals surface area contributed by atoms with Gasteiger partial charge >= 0.3 is 0 Å². The minimum atomic E-state index is 0.0290. The molecule has 5 heteroatoms. The van der Waals surface area contributed by atoms with E-state index in [1.807, 2.05) is 44.7 Å². The van der Waals surface area contributed by atoms with Crippen LogP contribution in [0.1, 0.15) is 110 Å². The second-order valence-electron chi connectivity index (χ2n) is 10.5. The number of aryl methyl sites for hydroxylation is 2. The Kier molecular flexibility index (Phi) is 21.1. The van der Waals surface area contributed by atoms with Crippen LogP contribution < -0.4 is 4.90 Å². The first-order valence-electron chi connectivity index (χ1n) is 15.5. The molecule has 0 fully saturated rings. The quantitative estimate of drug-likeness (QED) is 0.129. The molecule has 0 saturated heterocycles. The first-order chi connectivity index (χ1) is 19.2. The van der Waals surface area contributed by atoms with E-state index >= 15 is 0 Å². The monoisotopic (exact) mass is 567 g/mol. The standard InChI is InChI=1S/C21H36N2O.C12H15NS.C2H6/c1-6-14-22(15-7-2)16-10-11-17-23(21(24)18(3)4)20-13-9-8-12-19(20)5;1-4-10(3)11-6-5-9(2)7-12(11)14-8-13;1-2/h8-9,12-13,18H,6-7,10-11,14-17H2,1-5H3;5-7,10H,4H2,1-3H3;1-2H3. The van der Waals surface area contributed by atoms with Crippen LogP contribution in [0.15, 0.2) is 47.4 Å². The van der Waals surface area contributed by atoms with Gasteiger partial charge in [0.15, 0.2) is 0 Å². The number of benzene rings is 2. The summed E-state index contributed by atoms with van der Waals surface area (Å²) < 4.78 is 0. The molecular weight excluding hydrogens is 510 g/mol. The van der Waals surface area contributed by atoms with Gasteiger partial charge in [-0.3, -0.25) is 4.79 Å². The molecule has 1 unspecified atom stereocenters. The van der Waals surface area contributed by atoms with Gasteiger partial charge in [-0.2, -0.15) is 5.26 Å². The molecule has 0 aliphatic rings. The number of carbonyl (C=O) groups is 1. The van der Waals surface area contributed by atoms with Gasteiger partial charge in [0.2, 0.25) is 5.91 Å². The van der Waals surface area contributed by atoms with Crippen molar-refractivity contribution in [2.45, 2.75) is 112 Å². The Bertz CT molecular complexity index is 992. The maximum atomic E-state index is 12.6. The van der Waals surface area contributed by atoms with E-state index in [-0.39, 0.29) is 11.8 Å². The van der Waals surface area contributed by atoms with Gasteiger partial charge in [-0.05, 0) is 112 Å². The number of unbranched alkanes of at least 4 members (excludes halogenated alkanes) is 1. The molecule has 0 saturated carbocycles. The predicted octanol–water partition coefficient (Wildman–Crippen LogP) is 9.99. The Balaban J connectivity index is 0.000000805. The van der Waals surface area contributed by atoms with Gasteiger partial charge in [0, 0.05) is 23.0 Å². The minimum absolute atomic E-state index is 0.0290. The van der Waals surface area contributed by atoms with Crippen molar-refractivity contribution >= 4 is 23.4 Å². The Morgan fingerprint density at radius 3 is 2.02 bits per heavy atom. The molecule has 0 aromatic heterocycles. The molecule has 0 aliphatic heterocycles. The SMILES string of the molecule is CC.CCC(C)c1ccc(C)cc1SC#N.CCCN(CCC)CCCCN(C(=O)C(C)C)c1ccccc1C. The number of rotatable bonds is 14. The summed E-state index contributed by atoms with van der Waals surface area (Å²) in [7, 11) is 0. The lowest BCUT2D eigenvalue weighted by molar-refractivity contribution is -0.121. The van der Waals surface area contributed by atoms with E-state index in [2.05, 4.69) is 82.2 Å². The van der Waals surface area contributed by atoms with E-state index in [0.717, 1.165) is 42.9 Å². The summed E-state index contributed by atoms with van der Waals surface area (Å²) in [6, 6.07) is 14.6. The van der Waals surface area contributed by atoms with Crippen molar-refractivity contribution in [3.63, 3.8) is 0 Å². The van der Waals surface area contributed by atoms with E-state index < -0.39 is 0 Å². The van der Waals surface area contributed by atoms with Crippen LogP contribution in [0, 0.1) is 30.4 Å². The molecule has 2 aromatic carbocycles. The van der Waals surface area contributed by atoms with Gasteiger partial charge in [0.05, 0.1) is 0 Å². The van der Waals surface area contributed by atoms with Crippen molar-refractivity contribution in [3.05, 3.63) is 59.2 Å². The maximum absolute atomic E-state index is 12.6. The fourth-order valence-corrected chi connectivity index (χ4v) is 5.24. The maximum Gasteiger partial charge on any atom is 0.229 e. The van der Waals surface area contributed by atoms with E-state index in [0.29, 0.717) is 5.92 Å². The molecule has 0 heterocycles. The van der Waals surface area contributed by atoms with Gasteiger partial charge in [-0.15, -0.1) is 0 Å². The van der Waals surface area contributed by atoms with Crippen molar-refractivity contribution < 1.29 is 4.79 Å². The topological polar surface area (TPSA) is 47.3 Å². The summed E-state index contributed by atoms with van der Waals surface area (Å²) in [6.45, 7) is 25.3. The average Bonchev–Trinajstić information content (AvgIpc) is 2.95. The lowest BCUT2D eigenvalue weighted by atomic mass is 9.98. The molecule has 0 radical (unpaired) electrons. The number of thioether (sulfide) groups is 1. The number of para-hydroxylation sites is 1. The summed E-state index contributed by atoms with van der Waals surface area (Å²) in [4.78, 5) is 18.3. The van der Waals surface area contributed by atoms with E-state index in [1.165, 1.54) is 54.4 Å². The molecule has 1 amide bonds. The third-order valence-electron chi connectivity index (χ3n) is 6.82. The highest BCUT2D eigenvalue weighted by atomic mass is 32.2. The number of thiocyanates is 1. The van der Waals surface area contributed by atoms with Crippen LogP contribution in [0.3, 0.4) is 0 Å². The highest BCUT2D eigenvalue weighted by Gasteiger charge is 2.19. The molecule has 0 aliphatic carbocycles. The normalized spacial score (nSPS) is 11.2. The van der Waals surface area contributed by atoms with E-state index in [4.69, 9.17) is 5.26 Å². The van der Waals surface area contributed by atoms with Gasteiger partial charge in [0.25, 0.3) is 0 Å². The second kappa shape index (κ2) is 22.4. The summed E-state index contributed by atoms with van der Waals surface area (Å²) in [5.41, 5.74) is 4.75. The zero-order valence-electron chi connectivity index (χ0n) is 27.2. The smallest absolute Gasteiger partial charge is 0.229 e. The van der Waals surface area contributed by atoms with E-state index in [1.54, 1.807) is 0 Å². The van der Waals surface area contributed by atoms with Crippen LogP contribution in [0.4, 0.5) is 5.69 Å². The fourth-order valence-electron chi connectivity index (χ4n) is 4.51. The first-order valence-corrected chi connectivity index (χ1v) is 16.3. The van der Waals surface area contributed by atoms with Gasteiger partial charge in [0.1, 0.15) is 5.40 Å². The van der Waals surface area contributed by atoms with Crippen LogP contribution in [0.5, 0.6) is 0 Å². The zero-order valence-corrected chi connectivity index (χ0v) is 28.0. The first kappa shape index (κ1) is 37.7. The zero-order chi connectivity index (χ0) is 30.5. The molecule has 0 bridgehead atoms. The molecule has 224 valence electrons. The molecule has 2 aromatic rings. The van der Waals surface area contributed by atoms with Crippen molar-refractivity contribution in [1.29, 1.82) is 5.26 Å². The number of hydrogen-bond acceptors (Lipinski definition) is 4. The molecule has 0 N–H and O–H groups in total. The summed E-state index contributed by atoms with van der Waals surface area (Å²) >= 11 is 1.27. The van der Waals surface area contributed by atoms with Crippen LogP contribution in [-0.2, 0) is 4.79 Å².